The van der Waals surface area contributed by atoms with Gasteiger partial charge in [0, 0.05) is 39.7 Å². The second kappa shape index (κ2) is 8.33. The Morgan fingerprint density at radius 2 is 2.19 bits per heavy atom. The van der Waals surface area contributed by atoms with Crippen LogP contribution < -0.4 is 5.32 Å². The fraction of sp³-hybridized carbons (Fsp3) is 0.667. The van der Waals surface area contributed by atoms with Crippen LogP contribution in [0.1, 0.15) is 12.0 Å². The maximum Gasteiger partial charge on any atom is 0.0700 e. The molecule has 0 bridgehead atoms. The van der Waals surface area contributed by atoms with Crippen LogP contribution in [0.5, 0.6) is 0 Å². The van der Waals surface area contributed by atoms with Crippen molar-refractivity contribution in [2.45, 2.75) is 13.0 Å². The average Bonchev–Trinajstić information content (AvgIpc) is 2.68. The third-order valence-corrected chi connectivity index (χ3v) is 2.30. The number of aromatic nitrogens is 1. The smallest absolute Gasteiger partial charge is 0.0700 e. The molecule has 0 saturated carbocycles. The molecule has 1 aromatic heterocycles. The lowest BCUT2D eigenvalue weighted by molar-refractivity contribution is 0.0695. The molecule has 0 spiro atoms. The van der Waals surface area contributed by atoms with Crippen molar-refractivity contribution in [1.29, 1.82) is 0 Å². The Labute approximate surface area is 97.5 Å². The number of rotatable bonds is 9. The molecular weight excluding hydrogens is 204 g/mol. The van der Waals surface area contributed by atoms with Crippen LogP contribution in [0.2, 0.25) is 0 Å². The largest absolute Gasteiger partial charge is 0.382 e. The van der Waals surface area contributed by atoms with Crippen LogP contribution >= 0.6 is 0 Å². The molecule has 0 amide bonds. The third-order valence-electron chi connectivity index (χ3n) is 2.30. The van der Waals surface area contributed by atoms with E-state index in [1.54, 1.807) is 7.11 Å². The number of nitrogens with one attached hydrogen (secondary N) is 1. The fourth-order valence-electron chi connectivity index (χ4n) is 1.44. The summed E-state index contributed by atoms with van der Waals surface area (Å²) in [4.78, 5) is 0. The summed E-state index contributed by atoms with van der Waals surface area (Å²) in [6.07, 6.45) is 5.23. The molecule has 92 valence electrons. The van der Waals surface area contributed by atoms with Gasteiger partial charge >= 0.3 is 0 Å². The topological polar surface area (TPSA) is 35.4 Å². The van der Waals surface area contributed by atoms with Gasteiger partial charge in [0.2, 0.25) is 0 Å². The van der Waals surface area contributed by atoms with Gasteiger partial charge in [-0.3, -0.25) is 0 Å². The Hall–Kier alpha value is -0.840. The molecule has 0 saturated heterocycles. The van der Waals surface area contributed by atoms with Gasteiger partial charge in [-0.1, -0.05) is 0 Å². The van der Waals surface area contributed by atoms with Gasteiger partial charge in [0.25, 0.3) is 0 Å². The number of aryl methyl sites for hydroxylation is 1. The number of ether oxygens (including phenoxy) is 2. The van der Waals surface area contributed by atoms with Crippen molar-refractivity contribution in [1.82, 2.24) is 9.88 Å². The fourth-order valence-corrected chi connectivity index (χ4v) is 1.44. The highest BCUT2D eigenvalue weighted by Crippen LogP contribution is 1.98. The van der Waals surface area contributed by atoms with Crippen LogP contribution in [0.15, 0.2) is 18.5 Å². The number of methoxy groups -OCH3 is 1. The molecule has 1 N–H and O–H groups in total. The molecule has 1 rings (SSSR count). The number of hydrogen-bond acceptors (Lipinski definition) is 3. The molecule has 4 nitrogen and oxygen atoms in total. The second-order valence-corrected chi connectivity index (χ2v) is 3.82. The maximum absolute atomic E-state index is 5.36. The van der Waals surface area contributed by atoms with E-state index in [0.29, 0.717) is 13.2 Å². The Morgan fingerprint density at radius 1 is 1.31 bits per heavy atom. The Morgan fingerprint density at radius 3 is 2.88 bits per heavy atom. The SMILES string of the molecule is COCCOCCCNCc1ccn(C)c1. The van der Waals surface area contributed by atoms with Gasteiger partial charge in [-0.15, -0.1) is 0 Å². The van der Waals surface area contributed by atoms with Crippen LogP contribution in [-0.2, 0) is 23.1 Å². The van der Waals surface area contributed by atoms with E-state index in [9.17, 15) is 0 Å². The summed E-state index contributed by atoms with van der Waals surface area (Å²) in [6, 6.07) is 2.13. The molecule has 0 aliphatic rings. The van der Waals surface area contributed by atoms with Crippen LogP contribution in [0.25, 0.3) is 0 Å². The summed E-state index contributed by atoms with van der Waals surface area (Å²) in [5, 5.41) is 3.38. The summed E-state index contributed by atoms with van der Waals surface area (Å²) < 4.78 is 12.3. The highest BCUT2D eigenvalue weighted by atomic mass is 16.5. The van der Waals surface area contributed by atoms with Crippen molar-refractivity contribution in [3.05, 3.63) is 24.0 Å². The minimum absolute atomic E-state index is 0.678. The Balaban J connectivity index is 1.88. The zero-order valence-corrected chi connectivity index (χ0v) is 10.2. The van der Waals surface area contributed by atoms with Crippen molar-refractivity contribution in [3.63, 3.8) is 0 Å². The Kier molecular flexibility index (Phi) is 6.88. The first kappa shape index (κ1) is 13.2. The molecule has 1 heterocycles. The monoisotopic (exact) mass is 226 g/mol. The van der Waals surface area contributed by atoms with Crippen LogP contribution in [-0.4, -0.2) is 38.0 Å². The van der Waals surface area contributed by atoms with Gasteiger partial charge in [0.1, 0.15) is 0 Å². The van der Waals surface area contributed by atoms with Crippen molar-refractivity contribution in [3.8, 4) is 0 Å². The summed E-state index contributed by atoms with van der Waals surface area (Å²) in [6.45, 7) is 4.08. The molecule has 1 aromatic rings. The predicted molar refractivity (Wildman–Crippen MR) is 64.4 cm³/mol. The second-order valence-electron chi connectivity index (χ2n) is 3.82. The van der Waals surface area contributed by atoms with E-state index < -0.39 is 0 Å². The predicted octanol–water partition coefficient (Wildman–Crippen LogP) is 1.17. The number of nitrogens with zero attached hydrogens (tertiary/aromatic N) is 1. The molecule has 0 fully saturated rings. The summed E-state index contributed by atoms with van der Waals surface area (Å²) >= 11 is 0. The van der Waals surface area contributed by atoms with E-state index in [4.69, 9.17) is 9.47 Å². The molecule has 0 radical (unpaired) electrons. The van der Waals surface area contributed by atoms with Crippen LogP contribution in [0.3, 0.4) is 0 Å². The lowest BCUT2D eigenvalue weighted by Crippen LogP contribution is -2.16. The normalized spacial score (nSPS) is 10.9. The van der Waals surface area contributed by atoms with Gasteiger partial charge in [-0.05, 0) is 24.6 Å². The molecule has 0 aliphatic carbocycles. The molecule has 0 aliphatic heterocycles. The number of hydrogen-bond donors (Lipinski definition) is 1. The maximum atomic E-state index is 5.36. The first-order valence-corrected chi connectivity index (χ1v) is 5.71. The van der Waals surface area contributed by atoms with Gasteiger partial charge in [0.05, 0.1) is 13.2 Å². The van der Waals surface area contributed by atoms with Gasteiger partial charge < -0.3 is 19.4 Å². The third kappa shape index (κ3) is 5.90. The summed E-state index contributed by atoms with van der Waals surface area (Å²) in [5.41, 5.74) is 1.32. The Bertz CT molecular complexity index is 274. The van der Waals surface area contributed by atoms with Crippen molar-refractivity contribution >= 4 is 0 Å². The summed E-state index contributed by atoms with van der Waals surface area (Å²) in [5.74, 6) is 0. The van der Waals surface area contributed by atoms with Crippen molar-refractivity contribution in [2.24, 2.45) is 7.05 Å². The lowest BCUT2D eigenvalue weighted by atomic mass is 10.3. The van der Waals surface area contributed by atoms with Crippen molar-refractivity contribution < 1.29 is 9.47 Å². The van der Waals surface area contributed by atoms with Gasteiger partial charge in [-0.25, -0.2) is 0 Å². The van der Waals surface area contributed by atoms with Gasteiger partial charge in [-0.2, -0.15) is 0 Å². The van der Waals surface area contributed by atoms with E-state index in [1.807, 2.05) is 7.05 Å². The molecule has 16 heavy (non-hydrogen) atoms. The van der Waals surface area contributed by atoms with Crippen LogP contribution in [0.4, 0.5) is 0 Å². The zero-order chi connectivity index (χ0) is 11.6. The first-order valence-electron chi connectivity index (χ1n) is 5.71. The van der Waals surface area contributed by atoms with Gasteiger partial charge in [0.15, 0.2) is 0 Å². The standard InChI is InChI=1S/C12H22N2O2/c1-14-6-4-12(11-14)10-13-5-3-7-16-9-8-15-2/h4,6,11,13H,3,5,7-10H2,1-2H3. The first-order chi connectivity index (χ1) is 7.83. The highest BCUT2D eigenvalue weighted by molar-refractivity contribution is 5.09. The average molecular weight is 226 g/mol. The van der Waals surface area contributed by atoms with E-state index >= 15 is 0 Å². The molecule has 0 unspecified atom stereocenters. The lowest BCUT2D eigenvalue weighted by Gasteiger charge is -2.04. The van der Waals surface area contributed by atoms with E-state index in [-0.39, 0.29) is 0 Å². The molecular formula is C12H22N2O2. The van der Waals surface area contributed by atoms with Crippen molar-refractivity contribution in [2.75, 3.05) is 33.5 Å². The van der Waals surface area contributed by atoms with E-state index in [2.05, 4.69) is 28.3 Å². The molecule has 0 aromatic carbocycles. The van der Waals surface area contributed by atoms with Crippen LogP contribution in [0, 0.1) is 0 Å². The van der Waals surface area contributed by atoms with E-state index in [0.717, 1.165) is 26.1 Å². The minimum atomic E-state index is 0.678. The molecule has 0 atom stereocenters. The molecule has 4 heteroatoms. The zero-order valence-electron chi connectivity index (χ0n) is 10.2. The minimum Gasteiger partial charge on any atom is -0.382 e. The quantitative estimate of drug-likeness (QED) is 0.642. The summed E-state index contributed by atoms with van der Waals surface area (Å²) in [7, 11) is 3.72. The van der Waals surface area contributed by atoms with E-state index in [1.165, 1.54) is 5.56 Å². The highest BCUT2D eigenvalue weighted by Gasteiger charge is 1.94.